The Morgan fingerprint density at radius 3 is 2.47 bits per heavy atom. The number of hydrogen-bond donors (Lipinski definition) is 2. The van der Waals surface area contributed by atoms with Crippen molar-refractivity contribution in [3.05, 3.63) is 35.9 Å². The topological polar surface area (TPSA) is 64.4 Å². The third-order valence-corrected chi connectivity index (χ3v) is 2.88. The Morgan fingerprint density at radius 1 is 1.05 bits per heavy atom. The molecule has 4 nitrogen and oxygen atoms in total. The lowest BCUT2D eigenvalue weighted by Gasteiger charge is -2.06. The molecular formula is C15H24N2O2. The standard InChI is InChI=1S/C15H24N2O2/c16-12-8-3-1-2-7-11-15(18)17-19-13-14-9-5-4-6-10-14/h4-6,9-10H,1-3,7-8,11-13,16H2,(H,17,18). The number of carbonyl (C=O) groups is 1. The van der Waals surface area contributed by atoms with Crippen LogP contribution < -0.4 is 11.2 Å². The van der Waals surface area contributed by atoms with Crippen LogP contribution in [0.5, 0.6) is 0 Å². The molecule has 0 heterocycles. The summed E-state index contributed by atoms with van der Waals surface area (Å²) in [5, 5.41) is 0. The van der Waals surface area contributed by atoms with E-state index in [-0.39, 0.29) is 5.91 Å². The number of benzene rings is 1. The van der Waals surface area contributed by atoms with E-state index >= 15 is 0 Å². The molecule has 0 aromatic heterocycles. The number of unbranched alkanes of at least 4 members (excludes halogenated alkanes) is 4. The fraction of sp³-hybridized carbons (Fsp3) is 0.533. The van der Waals surface area contributed by atoms with E-state index in [1.54, 1.807) is 0 Å². The van der Waals surface area contributed by atoms with Crippen molar-refractivity contribution in [2.75, 3.05) is 6.54 Å². The zero-order chi connectivity index (χ0) is 13.8. The summed E-state index contributed by atoms with van der Waals surface area (Å²) in [6, 6.07) is 9.77. The summed E-state index contributed by atoms with van der Waals surface area (Å²) in [5.74, 6) is -0.0465. The van der Waals surface area contributed by atoms with Gasteiger partial charge in [0.25, 0.3) is 0 Å². The van der Waals surface area contributed by atoms with Gasteiger partial charge in [0.15, 0.2) is 0 Å². The van der Waals surface area contributed by atoms with Crippen molar-refractivity contribution >= 4 is 5.91 Å². The summed E-state index contributed by atoms with van der Waals surface area (Å²) in [5.41, 5.74) is 8.93. The van der Waals surface area contributed by atoms with E-state index in [0.717, 1.165) is 44.2 Å². The van der Waals surface area contributed by atoms with Gasteiger partial charge >= 0.3 is 0 Å². The van der Waals surface area contributed by atoms with E-state index in [9.17, 15) is 4.79 Å². The minimum Gasteiger partial charge on any atom is -0.330 e. The van der Waals surface area contributed by atoms with E-state index in [1.807, 2.05) is 30.3 Å². The third-order valence-electron chi connectivity index (χ3n) is 2.88. The second-order valence-corrected chi connectivity index (χ2v) is 4.61. The van der Waals surface area contributed by atoms with Gasteiger partial charge in [-0.15, -0.1) is 0 Å². The summed E-state index contributed by atoms with van der Waals surface area (Å²) in [6.07, 6.45) is 5.89. The predicted molar refractivity (Wildman–Crippen MR) is 76.1 cm³/mol. The van der Waals surface area contributed by atoms with Crippen molar-refractivity contribution in [2.24, 2.45) is 5.73 Å². The Hall–Kier alpha value is -1.39. The van der Waals surface area contributed by atoms with Crippen molar-refractivity contribution in [1.29, 1.82) is 0 Å². The van der Waals surface area contributed by atoms with Crippen molar-refractivity contribution in [1.82, 2.24) is 5.48 Å². The van der Waals surface area contributed by atoms with Crippen LogP contribution in [0.25, 0.3) is 0 Å². The highest BCUT2D eigenvalue weighted by Crippen LogP contribution is 2.05. The largest absolute Gasteiger partial charge is 0.330 e. The van der Waals surface area contributed by atoms with E-state index in [2.05, 4.69) is 5.48 Å². The first-order valence-electron chi connectivity index (χ1n) is 6.97. The molecule has 0 saturated carbocycles. The van der Waals surface area contributed by atoms with Crippen LogP contribution in [0.2, 0.25) is 0 Å². The third kappa shape index (κ3) is 8.35. The maximum absolute atomic E-state index is 11.5. The van der Waals surface area contributed by atoms with Crippen LogP contribution in [0.3, 0.4) is 0 Å². The molecule has 4 heteroatoms. The number of hydroxylamine groups is 1. The summed E-state index contributed by atoms with van der Waals surface area (Å²) in [4.78, 5) is 16.6. The van der Waals surface area contributed by atoms with E-state index < -0.39 is 0 Å². The number of amides is 1. The van der Waals surface area contributed by atoms with Gasteiger partial charge in [0, 0.05) is 6.42 Å². The van der Waals surface area contributed by atoms with Crippen LogP contribution in [0.1, 0.15) is 44.1 Å². The second-order valence-electron chi connectivity index (χ2n) is 4.61. The lowest BCUT2D eigenvalue weighted by Crippen LogP contribution is -2.23. The highest BCUT2D eigenvalue weighted by Gasteiger charge is 2.01. The van der Waals surface area contributed by atoms with Gasteiger partial charge in [0.2, 0.25) is 5.91 Å². The van der Waals surface area contributed by atoms with Crippen LogP contribution in [0.4, 0.5) is 0 Å². The van der Waals surface area contributed by atoms with Crippen LogP contribution in [-0.2, 0) is 16.2 Å². The Balaban J connectivity index is 1.96. The first-order chi connectivity index (χ1) is 9.33. The fourth-order valence-corrected chi connectivity index (χ4v) is 1.79. The zero-order valence-corrected chi connectivity index (χ0v) is 11.4. The van der Waals surface area contributed by atoms with E-state index in [1.165, 1.54) is 0 Å². The summed E-state index contributed by atoms with van der Waals surface area (Å²) in [7, 11) is 0. The SMILES string of the molecule is NCCCCCCCC(=O)NOCc1ccccc1. The van der Waals surface area contributed by atoms with Gasteiger partial charge in [0.05, 0.1) is 6.61 Å². The summed E-state index contributed by atoms with van der Waals surface area (Å²) < 4.78 is 0. The average molecular weight is 264 g/mol. The molecule has 0 fully saturated rings. The molecule has 0 unspecified atom stereocenters. The van der Waals surface area contributed by atoms with Crippen molar-refractivity contribution < 1.29 is 9.63 Å². The molecule has 3 N–H and O–H groups in total. The van der Waals surface area contributed by atoms with Crippen LogP contribution >= 0.6 is 0 Å². The highest BCUT2D eigenvalue weighted by molar-refractivity contribution is 5.74. The molecule has 0 aliphatic carbocycles. The Bertz CT molecular complexity index is 341. The van der Waals surface area contributed by atoms with E-state index in [0.29, 0.717) is 13.0 Å². The van der Waals surface area contributed by atoms with Crippen LogP contribution in [0, 0.1) is 0 Å². The number of nitrogens with one attached hydrogen (secondary N) is 1. The number of hydrogen-bond acceptors (Lipinski definition) is 3. The summed E-state index contributed by atoms with van der Waals surface area (Å²) in [6.45, 7) is 1.16. The number of nitrogens with two attached hydrogens (primary N) is 1. The molecular weight excluding hydrogens is 240 g/mol. The first-order valence-corrected chi connectivity index (χ1v) is 6.97. The average Bonchev–Trinajstić information content (AvgIpc) is 2.44. The Kier molecular flexibility index (Phi) is 8.68. The predicted octanol–water partition coefficient (Wildman–Crippen LogP) is 2.53. The smallest absolute Gasteiger partial charge is 0.243 e. The zero-order valence-electron chi connectivity index (χ0n) is 11.4. The second kappa shape index (κ2) is 10.5. The molecule has 1 amide bonds. The van der Waals surface area contributed by atoms with Gasteiger partial charge in [0.1, 0.15) is 0 Å². The molecule has 0 aliphatic rings. The number of rotatable bonds is 10. The summed E-state index contributed by atoms with van der Waals surface area (Å²) >= 11 is 0. The lowest BCUT2D eigenvalue weighted by molar-refractivity contribution is -0.134. The monoisotopic (exact) mass is 264 g/mol. The minimum absolute atomic E-state index is 0.0465. The molecule has 106 valence electrons. The molecule has 0 aliphatic heterocycles. The highest BCUT2D eigenvalue weighted by atomic mass is 16.6. The Labute approximate surface area is 115 Å². The van der Waals surface area contributed by atoms with Crippen molar-refractivity contribution in [3.63, 3.8) is 0 Å². The minimum atomic E-state index is -0.0465. The molecule has 1 rings (SSSR count). The molecule has 0 radical (unpaired) electrons. The van der Waals surface area contributed by atoms with Crippen molar-refractivity contribution in [2.45, 2.75) is 45.1 Å². The molecule has 0 bridgehead atoms. The van der Waals surface area contributed by atoms with Crippen LogP contribution in [-0.4, -0.2) is 12.5 Å². The first kappa shape index (κ1) is 15.7. The molecule has 1 aromatic rings. The normalized spacial score (nSPS) is 10.4. The lowest BCUT2D eigenvalue weighted by atomic mass is 10.1. The van der Waals surface area contributed by atoms with Gasteiger partial charge in [-0.05, 0) is 24.9 Å². The quantitative estimate of drug-likeness (QED) is 0.504. The molecule has 0 saturated heterocycles. The molecule has 19 heavy (non-hydrogen) atoms. The maximum atomic E-state index is 11.5. The van der Waals surface area contributed by atoms with Crippen molar-refractivity contribution in [3.8, 4) is 0 Å². The molecule has 1 aromatic carbocycles. The number of carbonyl (C=O) groups excluding carboxylic acids is 1. The van der Waals surface area contributed by atoms with Gasteiger partial charge in [-0.25, -0.2) is 5.48 Å². The molecule has 0 atom stereocenters. The van der Waals surface area contributed by atoms with Gasteiger partial charge in [-0.2, -0.15) is 0 Å². The van der Waals surface area contributed by atoms with Gasteiger partial charge in [-0.1, -0.05) is 49.6 Å². The van der Waals surface area contributed by atoms with Gasteiger partial charge < -0.3 is 5.73 Å². The Morgan fingerprint density at radius 2 is 1.74 bits per heavy atom. The van der Waals surface area contributed by atoms with Crippen LogP contribution in [0.15, 0.2) is 30.3 Å². The maximum Gasteiger partial charge on any atom is 0.243 e. The fourth-order valence-electron chi connectivity index (χ4n) is 1.79. The van der Waals surface area contributed by atoms with Gasteiger partial charge in [-0.3, -0.25) is 9.63 Å². The molecule has 0 spiro atoms. The van der Waals surface area contributed by atoms with E-state index in [4.69, 9.17) is 10.6 Å².